The van der Waals surface area contributed by atoms with Crippen LogP contribution in [-0.4, -0.2) is 25.7 Å². The van der Waals surface area contributed by atoms with Gasteiger partial charge in [0.25, 0.3) is 0 Å². The van der Waals surface area contributed by atoms with Crippen LogP contribution in [0.1, 0.15) is 20.3 Å². The summed E-state index contributed by atoms with van der Waals surface area (Å²) in [5, 5.41) is 8.66. The fourth-order valence-electron chi connectivity index (χ4n) is 0.992. The van der Waals surface area contributed by atoms with E-state index in [2.05, 4.69) is 18.3 Å². The van der Waals surface area contributed by atoms with Crippen LogP contribution < -0.4 is 0 Å². The third-order valence-electron chi connectivity index (χ3n) is 1.86. The Morgan fingerprint density at radius 3 is 2.33 bits per heavy atom. The predicted molar refractivity (Wildman–Crippen MR) is 52.9 cm³/mol. The predicted octanol–water partition coefficient (Wildman–Crippen LogP) is 2.55. The summed E-state index contributed by atoms with van der Waals surface area (Å²) >= 11 is -0.785. The van der Waals surface area contributed by atoms with Crippen molar-refractivity contribution in [1.29, 1.82) is 0 Å². The van der Waals surface area contributed by atoms with Gasteiger partial charge in [-0.3, -0.25) is 0 Å². The van der Waals surface area contributed by atoms with Crippen molar-refractivity contribution >= 4 is 20.6 Å². The van der Waals surface area contributed by atoms with Gasteiger partial charge in [-0.15, -0.1) is 0 Å². The first-order chi connectivity index (χ1) is 5.49. The zero-order chi connectivity index (χ0) is 9.72. The first-order valence-corrected chi connectivity index (χ1v) is 8.90. The number of carboxylic acid groups (broad SMARTS) is 1. The summed E-state index contributed by atoms with van der Waals surface area (Å²) in [6, 6.07) is 0. The second kappa shape index (κ2) is 5.42. The topological polar surface area (TPSA) is 37.3 Å². The zero-order valence-electron chi connectivity index (χ0n) is 8.16. The van der Waals surface area contributed by atoms with E-state index in [1.54, 1.807) is 6.92 Å². The van der Waals surface area contributed by atoms with Crippen molar-refractivity contribution in [2.24, 2.45) is 0 Å². The Kier molecular flexibility index (Phi) is 5.32. The number of hydrogen-bond acceptors (Lipinski definition) is 1. The molecule has 0 heterocycles. The fraction of sp³-hybridized carbons (Fsp3) is 0.667. The van der Waals surface area contributed by atoms with Crippen LogP contribution in [0.25, 0.3) is 0 Å². The van der Waals surface area contributed by atoms with Crippen molar-refractivity contribution in [1.82, 2.24) is 0 Å². The Labute approximate surface area is 78.9 Å². The number of hydrogen-bond donors (Lipinski definition) is 1. The van der Waals surface area contributed by atoms with E-state index < -0.39 is 20.6 Å². The van der Waals surface area contributed by atoms with Crippen LogP contribution >= 0.6 is 0 Å². The zero-order valence-corrected chi connectivity index (χ0v) is 10.0. The molecule has 12 heavy (non-hydrogen) atoms. The average Bonchev–Trinajstić information content (AvgIpc) is 1.98. The summed E-state index contributed by atoms with van der Waals surface area (Å²) in [6.45, 7) is 3.79. The van der Waals surface area contributed by atoms with Crippen LogP contribution in [0.2, 0.25) is 16.1 Å². The van der Waals surface area contributed by atoms with Crippen molar-refractivity contribution in [3.63, 3.8) is 0 Å². The Balaban J connectivity index is 4.35. The molecule has 0 spiro atoms. The normalized spacial score (nSPS) is 14.9. The molecular formula is C9H17AsO2. The molecular weight excluding hydrogens is 215 g/mol. The fourth-order valence-corrected chi connectivity index (χ4v) is 3.62. The van der Waals surface area contributed by atoms with Crippen molar-refractivity contribution < 1.29 is 9.90 Å². The maximum atomic E-state index is 10.5. The number of carbonyl (C=O) groups is 1. The average molecular weight is 232 g/mol. The minimum atomic E-state index is -0.788. The van der Waals surface area contributed by atoms with Gasteiger partial charge in [-0.2, -0.15) is 0 Å². The number of carboxylic acids is 1. The molecule has 0 saturated heterocycles. The summed E-state index contributed by atoms with van der Waals surface area (Å²) in [5.41, 5.74) is 5.00. The third kappa shape index (κ3) is 3.96. The molecule has 0 aliphatic heterocycles. The molecule has 0 fully saturated rings. The molecule has 0 amide bonds. The van der Waals surface area contributed by atoms with Crippen LogP contribution in [0.4, 0.5) is 0 Å². The van der Waals surface area contributed by atoms with Gasteiger partial charge in [0.2, 0.25) is 0 Å². The molecule has 0 aliphatic rings. The van der Waals surface area contributed by atoms with Crippen LogP contribution in [0.5, 0.6) is 0 Å². The van der Waals surface area contributed by atoms with E-state index in [4.69, 9.17) is 5.11 Å². The molecule has 0 radical (unpaired) electrons. The summed E-state index contributed by atoms with van der Waals surface area (Å²) in [4.78, 5) is 10.5. The molecule has 0 aromatic rings. The van der Waals surface area contributed by atoms with Gasteiger partial charge in [0.05, 0.1) is 0 Å². The van der Waals surface area contributed by atoms with E-state index in [0.717, 1.165) is 6.42 Å². The molecule has 0 aliphatic carbocycles. The van der Waals surface area contributed by atoms with Crippen molar-refractivity contribution in [3.8, 4) is 0 Å². The second-order valence-electron chi connectivity index (χ2n) is 3.09. The molecule has 0 bridgehead atoms. The van der Waals surface area contributed by atoms with Gasteiger partial charge in [0.1, 0.15) is 0 Å². The molecule has 2 nitrogen and oxygen atoms in total. The SMILES string of the molecule is CCC(C=C(C)C(=O)O)[As](C)C. The van der Waals surface area contributed by atoms with Gasteiger partial charge in [0.15, 0.2) is 0 Å². The van der Waals surface area contributed by atoms with E-state index in [0.29, 0.717) is 10.3 Å². The molecule has 0 rings (SSSR count). The Morgan fingerprint density at radius 1 is 1.58 bits per heavy atom. The van der Waals surface area contributed by atoms with Crippen molar-refractivity contribution in [2.75, 3.05) is 0 Å². The second-order valence-corrected chi connectivity index (χ2v) is 8.53. The van der Waals surface area contributed by atoms with Gasteiger partial charge in [0, 0.05) is 0 Å². The maximum absolute atomic E-state index is 10.5. The molecule has 1 atom stereocenters. The minimum absolute atomic E-state index is 0.491. The van der Waals surface area contributed by atoms with Crippen LogP contribution in [-0.2, 0) is 4.79 Å². The quantitative estimate of drug-likeness (QED) is 0.597. The summed E-state index contributed by atoms with van der Waals surface area (Å²) < 4.78 is 0.536. The van der Waals surface area contributed by atoms with Crippen molar-refractivity contribution in [3.05, 3.63) is 11.6 Å². The summed E-state index contributed by atoms with van der Waals surface area (Å²) in [6.07, 6.45) is 2.99. The number of aliphatic carboxylic acids is 1. The van der Waals surface area contributed by atoms with Crippen LogP contribution in [0.3, 0.4) is 0 Å². The Hall–Kier alpha value is -0.232. The van der Waals surface area contributed by atoms with Gasteiger partial charge in [-0.25, -0.2) is 0 Å². The third-order valence-corrected chi connectivity index (χ3v) is 5.72. The molecule has 0 saturated carbocycles. The number of allylic oxidation sites excluding steroid dienone is 1. The molecule has 70 valence electrons. The molecule has 1 unspecified atom stereocenters. The van der Waals surface area contributed by atoms with E-state index in [1.165, 1.54) is 0 Å². The van der Waals surface area contributed by atoms with E-state index >= 15 is 0 Å². The molecule has 0 aromatic heterocycles. The standard InChI is InChI=1S/C9H17AsO2/c1-5-8(10(3)4)6-7(2)9(11)12/h6,8H,5H2,1-4H3,(H,11,12). The first-order valence-electron chi connectivity index (χ1n) is 4.07. The van der Waals surface area contributed by atoms with Gasteiger partial charge in [-0.05, 0) is 0 Å². The number of rotatable bonds is 4. The summed E-state index contributed by atoms with van der Waals surface area (Å²) in [7, 11) is 0. The Morgan fingerprint density at radius 2 is 2.08 bits per heavy atom. The van der Waals surface area contributed by atoms with Gasteiger partial charge >= 0.3 is 78.6 Å². The van der Waals surface area contributed by atoms with E-state index in [-0.39, 0.29) is 0 Å². The summed E-state index contributed by atoms with van der Waals surface area (Å²) in [5.74, 6) is -0.788. The molecule has 0 aromatic carbocycles. The van der Waals surface area contributed by atoms with E-state index in [1.807, 2.05) is 6.08 Å². The van der Waals surface area contributed by atoms with Crippen LogP contribution in [0.15, 0.2) is 11.6 Å². The van der Waals surface area contributed by atoms with Crippen LogP contribution in [0, 0.1) is 0 Å². The molecule has 1 N–H and O–H groups in total. The van der Waals surface area contributed by atoms with Gasteiger partial charge < -0.3 is 0 Å². The molecule has 3 heteroatoms. The van der Waals surface area contributed by atoms with E-state index in [9.17, 15) is 4.79 Å². The first kappa shape index (κ1) is 11.8. The van der Waals surface area contributed by atoms with Gasteiger partial charge in [-0.1, -0.05) is 0 Å². The van der Waals surface area contributed by atoms with Crippen molar-refractivity contribution in [2.45, 2.75) is 36.4 Å². The monoisotopic (exact) mass is 232 g/mol. The Bertz CT molecular complexity index is 185.